The van der Waals surface area contributed by atoms with E-state index in [2.05, 4.69) is 15.2 Å². The van der Waals surface area contributed by atoms with Gasteiger partial charge >= 0.3 is 12.1 Å². The SMILES string of the molecule is O=C(C[C@@H](CN1CCN(Cc2ccccn2)CC1)C(=O)O)Nc1cccc(C(F)(F)F)c1. The lowest BCUT2D eigenvalue weighted by molar-refractivity contribution is -0.144. The van der Waals surface area contributed by atoms with Crippen molar-refractivity contribution in [1.29, 1.82) is 0 Å². The maximum atomic E-state index is 12.8. The molecular formula is C22H25F3N4O3. The first kappa shape index (κ1) is 23.7. The van der Waals surface area contributed by atoms with Crippen LogP contribution in [0.4, 0.5) is 18.9 Å². The lowest BCUT2D eigenvalue weighted by Gasteiger charge is -2.35. The van der Waals surface area contributed by atoms with Crippen molar-refractivity contribution in [3.8, 4) is 0 Å². The molecule has 172 valence electrons. The molecule has 3 rings (SSSR count). The summed E-state index contributed by atoms with van der Waals surface area (Å²) in [5.41, 5.74) is 0.0707. The number of piperazine rings is 1. The minimum atomic E-state index is -4.52. The molecule has 0 saturated carbocycles. The molecule has 1 saturated heterocycles. The summed E-state index contributed by atoms with van der Waals surface area (Å²) in [5.74, 6) is -2.70. The molecule has 0 radical (unpaired) electrons. The van der Waals surface area contributed by atoms with Crippen LogP contribution in [0, 0.1) is 5.92 Å². The second-order valence-electron chi connectivity index (χ2n) is 7.76. The lowest BCUT2D eigenvalue weighted by atomic mass is 10.0. The van der Waals surface area contributed by atoms with Gasteiger partial charge in [-0.1, -0.05) is 12.1 Å². The molecule has 0 spiro atoms. The van der Waals surface area contributed by atoms with E-state index in [0.29, 0.717) is 13.1 Å². The molecule has 1 atom stereocenters. The number of carbonyl (C=O) groups is 2. The molecule has 1 aliphatic rings. The van der Waals surface area contributed by atoms with E-state index in [1.54, 1.807) is 6.20 Å². The van der Waals surface area contributed by atoms with E-state index >= 15 is 0 Å². The Labute approximate surface area is 183 Å². The Hall–Kier alpha value is -2.98. The predicted octanol–water partition coefficient (Wildman–Crippen LogP) is 2.95. The van der Waals surface area contributed by atoms with Crippen LogP contribution in [0.3, 0.4) is 0 Å². The van der Waals surface area contributed by atoms with Crippen molar-refractivity contribution in [2.24, 2.45) is 5.92 Å². The van der Waals surface area contributed by atoms with E-state index in [-0.39, 0.29) is 18.7 Å². The molecule has 2 aromatic rings. The van der Waals surface area contributed by atoms with Crippen molar-refractivity contribution in [3.63, 3.8) is 0 Å². The van der Waals surface area contributed by atoms with Gasteiger partial charge in [0.2, 0.25) is 5.91 Å². The fourth-order valence-corrected chi connectivity index (χ4v) is 3.60. The lowest BCUT2D eigenvalue weighted by Crippen LogP contribution is -2.48. The minimum absolute atomic E-state index is 0.0166. The van der Waals surface area contributed by atoms with Gasteiger partial charge in [0, 0.05) is 57.6 Å². The standard InChI is InChI=1S/C22H25F3N4O3/c23-22(24,25)17-4-3-6-18(13-17)27-20(30)12-16(21(31)32)14-28-8-10-29(11-9-28)15-19-5-1-2-7-26-19/h1-7,13,16H,8-12,14-15H2,(H,27,30)(H,31,32)/t16-/m0/s1. The van der Waals surface area contributed by atoms with Crippen LogP contribution in [0.1, 0.15) is 17.7 Å². The number of carboxylic acid groups (broad SMARTS) is 1. The summed E-state index contributed by atoms with van der Waals surface area (Å²) in [6, 6.07) is 10.0. The van der Waals surface area contributed by atoms with Crippen LogP contribution in [-0.2, 0) is 22.3 Å². The van der Waals surface area contributed by atoms with Gasteiger partial charge in [-0.3, -0.25) is 24.4 Å². The normalized spacial score (nSPS) is 16.5. The van der Waals surface area contributed by atoms with Crippen LogP contribution in [-0.4, -0.2) is 64.5 Å². The van der Waals surface area contributed by atoms with Crippen LogP contribution < -0.4 is 5.32 Å². The van der Waals surface area contributed by atoms with Gasteiger partial charge in [0.1, 0.15) is 0 Å². The van der Waals surface area contributed by atoms with Gasteiger partial charge in [-0.05, 0) is 30.3 Å². The number of hydrogen-bond acceptors (Lipinski definition) is 5. The summed E-state index contributed by atoms with van der Waals surface area (Å²) in [6.45, 7) is 3.73. The first-order chi connectivity index (χ1) is 15.2. The third-order valence-corrected chi connectivity index (χ3v) is 5.31. The molecule has 0 bridgehead atoms. The summed E-state index contributed by atoms with van der Waals surface area (Å²) < 4.78 is 38.5. The van der Waals surface area contributed by atoms with Crippen LogP contribution in [0.25, 0.3) is 0 Å². The molecule has 0 unspecified atom stereocenters. The molecule has 1 fully saturated rings. The number of nitrogens with one attached hydrogen (secondary N) is 1. The Morgan fingerprint density at radius 3 is 2.41 bits per heavy atom. The van der Waals surface area contributed by atoms with Crippen molar-refractivity contribution in [2.45, 2.75) is 19.1 Å². The quantitative estimate of drug-likeness (QED) is 0.643. The summed E-state index contributed by atoms with van der Waals surface area (Å²) in [7, 11) is 0. The number of benzene rings is 1. The number of nitrogens with zero attached hydrogens (tertiary/aromatic N) is 3. The monoisotopic (exact) mass is 450 g/mol. The average molecular weight is 450 g/mol. The molecule has 1 aliphatic heterocycles. The van der Waals surface area contributed by atoms with Crippen molar-refractivity contribution in [2.75, 3.05) is 38.0 Å². The highest BCUT2D eigenvalue weighted by Gasteiger charge is 2.31. The number of aromatic nitrogens is 1. The van der Waals surface area contributed by atoms with Crippen LogP contribution in [0.15, 0.2) is 48.7 Å². The highest BCUT2D eigenvalue weighted by Crippen LogP contribution is 2.30. The molecule has 2 heterocycles. The van der Waals surface area contributed by atoms with Gasteiger partial charge in [-0.2, -0.15) is 13.2 Å². The molecule has 0 aliphatic carbocycles. The Kier molecular flexibility index (Phi) is 7.81. The molecule has 2 N–H and O–H groups in total. The second-order valence-corrected chi connectivity index (χ2v) is 7.76. The molecule has 1 aromatic carbocycles. The zero-order valence-corrected chi connectivity index (χ0v) is 17.4. The van der Waals surface area contributed by atoms with Crippen LogP contribution >= 0.6 is 0 Å². The number of carbonyl (C=O) groups excluding carboxylic acids is 1. The smallest absolute Gasteiger partial charge is 0.416 e. The summed E-state index contributed by atoms with van der Waals surface area (Å²) in [5, 5.41) is 11.9. The number of halogens is 3. The van der Waals surface area contributed by atoms with E-state index in [1.165, 1.54) is 12.1 Å². The Morgan fingerprint density at radius 1 is 1.06 bits per heavy atom. The zero-order valence-electron chi connectivity index (χ0n) is 17.4. The van der Waals surface area contributed by atoms with E-state index in [4.69, 9.17) is 0 Å². The highest BCUT2D eigenvalue weighted by atomic mass is 19.4. The second kappa shape index (κ2) is 10.6. The minimum Gasteiger partial charge on any atom is -0.481 e. The number of alkyl halides is 3. The topological polar surface area (TPSA) is 85.8 Å². The average Bonchev–Trinajstić information content (AvgIpc) is 2.75. The highest BCUT2D eigenvalue weighted by molar-refractivity contribution is 5.93. The van der Waals surface area contributed by atoms with Gasteiger partial charge < -0.3 is 10.4 Å². The maximum Gasteiger partial charge on any atom is 0.416 e. The number of amides is 1. The van der Waals surface area contributed by atoms with Gasteiger partial charge in [0.15, 0.2) is 0 Å². The van der Waals surface area contributed by atoms with E-state index < -0.39 is 29.5 Å². The fraction of sp³-hybridized carbons (Fsp3) is 0.409. The molecular weight excluding hydrogens is 425 g/mol. The maximum absolute atomic E-state index is 12.8. The largest absolute Gasteiger partial charge is 0.481 e. The van der Waals surface area contributed by atoms with Crippen molar-refractivity contribution < 1.29 is 27.9 Å². The number of pyridine rings is 1. The summed E-state index contributed by atoms with van der Waals surface area (Å²) >= 11 is 0. The summed E-state index contributed by atoms with van der Waals surface area (Å²) in [6.07, 6.45) is -3.10. The Bertz CT molecular complexity index is 916. The van der Waals surface area contributed by atoms with Crippen LogP contribution in [0.2, 0.25) is 0 Å². The molecule has 32 heavy (non-hydrogen) atoms. The predicted molar refractivity (Wildman–Crippen MR) is 112 cm³/mol. The van der Waals surface area contributed by atoms with Gasteiger partial charge in [0.05, 0.1) is 17.2 Å². The number of carboxylic acids is 1. The number of anilines is 1. The number of hydrogen-bond donors (Lipinski definition) is 2. The van der Waals surface area contributed by atoms with Gasteiger partial charge in [-0.15, -0.1) is 0 Å². The molecule has 10 heteroatoms. The number of rotatable bonds is 8. The molecule has 7 nitrogen and oxygen atoms in total. The fourth-order valence-electron chi connectivity index (χ4n) is 3.60. The van der Waals surface area contributed by atoms with E-state index in [9.17, 15) is 27.9 Å². The number of aliphatic carboxylic acids is 1. The van der Waals surface area contributed by atoms with Crippen LogP contribution in [0.5, 0.6) is 0 Å². The van der Waals surface area contributed by atoms with E-state index in [0.717, 1.165) is 37.5 Å². The van der Waals surface area contributed by atoms with Gasteiger partial charge in [-0.25, -0.2) is 0 Å². The first-order valence-electron chi connectivity index (χ1n) is 10.3. The third-order valence-electron chi connectivity index (χ3n) is 5.31. The zero-order chi connectivity index (χ0) is 23.1. The molecule has 1 amide bonds. The van der Waals surface area contributed by atoms with Crippen molar-refractivity contribution in [3.05, 3.63) is 59.9 Å². The first-order valence-corrected chi connectivity index (χ1v) is 10.3. The Morgan fingerprint density at radius 2 is 1.78 bits per heavy atom. The van der Waals surface area contributed by atoms with Gasteiger partial charge in [0.25, 0.3) is 0 Å². The Balaban J connectivity index is 1.49. The third kappa shape index (κ3) is 7.03. The molecule has 1 aromatic heterocycles. The van der Waals surface area contributed by atoms with Crippen molar-refractivity contribution >= 4 is 17.6 Å². The summed E-state index contributed by atoms with van der Waals surface area (Å²) in [4.78, 5) is 32.5. The van der Waals surface area contributed by atoms with Crippen molar-refractivity contribution in [1.82, 2.24) is 14.8 Å². The van der Waals surface area contributed by atoms with E-state index in [1.807, 2.05) is 23.1 Å².